The fourth-order valence-electron chi connectivity index (χ4n) is 2.68. The van der Waals surface area contributed by atoms with Crippen LogP contribution < -0.4 is 5.32 Å². The monoisotopic (exact) mass is 295 g/mol. The third-order valence-corrected chi connectivity index (χ3v) is 3.80. The smallest absolute Gasteiger partial charge is 0.407 e. The molecule has 0 saturated carbocycles. The van der Waals surface area contributed by atoms with Crippen LogP contribution in [-0.2, 0) is 11.3 Å². The molecule has 2 aromatic rings. The first-order chi connectivity index (χ1) is 10.7. The third kappa shape index (κ3) is 3.17. The van der Waals surface area contributed by atoms with Gasteiger partial charge in [-0.05, 0) is 17.5 Å². The van der Waals surface area contributed by atoms with E-state index in [1.807, 2.05) is 48.5 Å². The van der Waals surface area contributed by atoms with Crippen LogP contribution in [0.1, 0.15) is 40.4 Å². The second kappa shape index (κ2) is 6.43. The topological polar surface area (TPSA) is 55.4 Å². The number of carbonyl (C=O) groups is 2. The average Bonchev–Trinajstić information content (AvgIpc) is 2.57. The summed E-state index contributed by atoms with van der Waals surface area (Å²) in [4.78, 5) is 23.8. The molecule has 1 amide bonds. The summed E-state index contributed by atoms with van der Waals surface area (Å²) in [5, 5.41) is 2.85. The molecular formula is C18H17NO3. The standard InChI is InChI=1S/C18H17NO3/c20-17-11-10-16(14-8-4-5-9-15(14)17)19-18(21)22-12-13-6-2-1-3-7-13/h1-9,16H,10-12H2,(H,19,21). The van der Waals surface area contributed by atoms with Gasteiger partial charge in [0.05, 0.1) is 6.04 Å². The normalized spacial score (nSPS) is 16.7. The highest BCUT2D eigenvalue weighted by atomic mass is 16.5. The lowest BCUT2D eigenvalue weighted by Gasteiger charge is -2.25. The molecule has 1 aliphatic carbocycles. The Morgan fingerprint density at radius 2 is 1.82 bits per heavy atom. The molecule has 1 unspecified atom stereocenters. The van der Waals surface area contributed by atoms with Crippen LogP contribution in [0.25, 0.3) is 0 Å². The summed E-state index contributed by atoms with van der Waals surface area (Å²) >= 11 is 0. The Labute approximate surface area is 129 Å². The third-order valence-electron chi connectivity index (χ3n) is 3.80. The minimum absolute atomic E-state index is 0.131. The first kappa shape index (κ1) is 14.3. The van der Waals surface area contributed by atoms with Crippen molar-refractivity contribution in [3.63, 3.8) is 0 Å². The molecule has 0 saturated heterocycles. The summed E-state index contributed by atoms with van der Waals surface area (Å²) in [5.41, 5.74) is 2.51. The van der Waals surface area contributed by atoms with Crippen molar-refractivity contribution in [1.82, 2.24) is 5.32 Å². The van der Waals surface area contributed by atoms with Crippen molar-refractivity contribution in [2.24, 2.45) is 0 Å². The van der Waals surface area contributed by atoms with Crippen LogP contribution in [0.3, 0.4) is 0 Å². The highest BCUT2D eigenvalue weighted by Gasteiger charge is 2.26. The predicted molar refractivity (Wildman–Crippen MR) is 82.5 cm³/mol. The largest absolute Gasteiger partial charge is 0.445 e. The van der Waals surface area contributed by atoms with Crippen LogP contribution in [0.4, 0.5) is 4.79 Å². The van der Waals surface area contributed by atoms with Crippen LogP contribution in [0.5, 0.6) is 0 Å². The van der Waals surface area contributed by atoms with Gasteiger partial charge in [0.25, 0.3) is 0 Å². The van der Waals surface area contributed by atoms with E-state index >= 15 is 0 Å². The number of nitrogens with one attached hydrogen (secondary N) is 1. The Balaban J connectivity index is 1.63. The van der Waals surface area contributed by atoms with Crippen molar-refractivity contribution in [1.29, 1.82) is 0 Å². The summed E-state index contributed by atoms with van der Waals surface area (Å²) < 4.78 is 5.24. The van der Waals surface area contributed by atoms with Crippen molar-refractivity contribution in [2.75, 3.05) is 0 Å². The molecule has 112 valence electrons. The Morgan fingerprint density at radius 1 is 1.09 bits per heavy atom. The molecule has 22 heavy (non-hydrogen) atoms. The van der Waals surface area contributed by atoms with E-state index in [-0.39, 0.29) is 18.4 Å². The van der Waals surface area contributed by atoms with Crippen molar-refractivity contribution in [2.45, 2.75) is 25.5 Å². The molecule has 1 N–H and O–H groups in total. The number of ketones is 1. The number of amides is 1. The van der Waals surface area contributed by atoms with Gasteiger partial charge in [0.2, 0.25) is 0 Å². The number of hydrogen-bond acceptors (Lipinski definition) is 3. The van der Waals surface area contributed by atoms with Gasteiger partial charge in [-0.1, -0.05) is 54.6 Å². The van der Waals surface area contributed by atoms with Gasteiger partial charge >= 0.3 is 6.09 Å². The molecule has 0 bridgehead atoms. The van der Waals surface area contributed by atoms with Crippen LogP contribution in [0, 0.1) is 0 Å². The zero-order valence-corrected chi connectivity index (χ0v) is 12.1. The maximum atomic E-state index is 12.0. The maximum absolute atomic E-state index is 12.0. The molecule has 2 aromatic carbocycles. The number of fused-ring (bicyclic) bond motifs is 1. The summed E-state index contributed by atoms with van der Waals surface area (Å²) in [5.74, 6) is 0.131. The van der Waals surface area contributed by atoms with E-state index in [0.29, 0.717) is 18.4 Å². The second-order valence-electron chi connectivity index (χ2n) is 5.31. The van der Waals surface area contributed by atoms with Crippen molar-refractivity contribution in [3.05, 3.63) is 71.3 Å². The first-order valence-electron chi connectivity index (χ1n) is 7.33. The summed E-state index contributed by atoms with van der Waals surface area (Å²) in [7, 11) is 0. The number of benzene rings is 2. The Morgan fingerprint density at radius 3 is 2.64 bits per heavy atom. The summed E-state index contributed by atoms with van der Waals surface area (Å²) in [6, 6.07) is 16.8. The second-order valence-corrected chi connectivity index (χ2v) is 5.31. The molecule has 0 spiro atoms. The number of carbonyl (C=O) groups excluding carboxylic acids is 2. The van der Waals surface area contributed by atoms with Crippen molar-refractivity contribution in [3.8, 4) is 0 Å². The fraction of sp³-hybridized carbons (Fsp3) is 0.222. The Bertz CT molecular complexity index is 682. The lowest BCUT2D eigenvalue weighted by atomic mass is 9.87. The van der Waals surface area contributed by atoms with Crippen LogP contribution >= 0.6 is 0 Å². The highest BCUT2D eigenvalue weighted by molar-refractivity contribution is 5.98. The number of hydrogen-bond donors (Lipinski definition) is 1. The van der Waals surface area contributed by atoms with E-state index < -0.39 is 6.09 Å². The molecule has 4 heteroatoms. The molecule has 0 heterocycles. The van der Waals surface area contributed by atoms with Crippen LogP contribution in [-0.4, -0.2) is 11.9 Å². The number of alkyl carbamates (subject to hydrolysis) is 1. The summed E-state index contributed by atoms with van der Waals surface area (Å²) in [6.07, 6.45) is 0.592. The van der Waals surface area contributed by atoms with Crippen LogP contribution in [0.15, 0.2) is 54.6 Å². The maximum Gasteiger partial charge on any atom is 0.407 e. The van der Waals surface area contributed by atoms with Gasteiger partial charge in [0.1, 0.15) is 6.61 Å². The fourth-order valence-corrected chi connectivity index (χ4v) is 2.68. The minimum atomic E-state index is -0.460. The Hall–Kier alpha value is -2.62. The van der Waals surface area contributed by atoms with Gasteiger partial charge in [0, 0.05) is 12.0 Å². The SMILES string of the molecule is O=C(NC1CCC(=O)c2ccccc21)OCc1ccccc1. The highest BCUT2D eigenvalue weighted by Crippen LogP contribution is 2.29. The quantitative estimate of drug-likeness (QED) is 0.940. The molecule has 0 aromatic heterocycles. The molecule has 4 nitrogen and oxygen atoms in total. The number of Topliss-reactive ketones (excluding diaryl/α,β-unsaturated/α-hetero) is 1. The van der Waals surface area contributed by atoms with Gasteiger partial charge in [0.15, 0.2) is 5.78 Å². The number of ether oxygens (including phenoxy) is 1. The lowest BCUT2D eigenvalue weighted by molar-refractivity contribution is 0.0956. The Kier molecular flexibility index (Phi) is 4.19. The molecule has 1 aliphatic rings. The van der Waals surface area contributed by atoms with E-state index in [1.54, 1.807) is 6.07 Å². The van der Waals surface area contributed by atoms with Gasteiger partial charge in [-0.3, -0.25) is 4.79 Å². The predicted octanol–water partition coefficient (Wildman–Crippen LogP) is 3.63. The van der Waals surface area contributed by atoms with Gasteiger partial charge in [-0.2, -0.15) is 0 Å². The first-order valence-corrected chi connectivity index (χ1v) is 7.33. The zero-order chi connectivity index (χ0) is 15.4. The number of rotatable bonds is 3. The summed E-state index contributed by atoms with van der Waals surface area (Å²) in [6.45, 7) is 0.236. The molecule has 0 radical (unpaired) electrons. The van der Waals surface area contributed by atoms with E-state index in [9.17, 15) is 9.59 Å². The van der Waals surface area contributed by atoms with E-state index in [0.717, 1.165) is 11.1 Å². The molecule has 0 fully saturated rings. The molecule has 3 rings (SSSR count). The molecular weight excluding hydrogens is 278 g/mol. The van der Waals surface area contributed by atoms with E-state index in [2.05, 4.69) is 5.32 Å². The lowest BCUT2D eigenvalue weighted by Crippen LogP contribution is -2.32. The van der Waals surface area contributed by atoms with E-state index in [1.165, 1.54) is 0 Å². The van der Waals surface area contributed by atoms with E-state index in [4.69, 9.17) is 4.74 Å². The van der Waals surface area contributed by atoms with Crippen LogP contribution in [0.2, 0.25) is 0 Å². The van der Waals surface area contributed by atoms with Gasteiger partial charge < -0.3 is 10.1 Å². The van der Waals surface area contributed by atoms with Gasteiger partial charge in [-0.25, -0.2) is 4.79 Å². The molecule has 1 atom stereocenters. The molecule has 0 aliphatic heterocycles. The van der Waals surface area contributed by atoms with Crippen molar-refractivity contribution >= 4 is 11.9 Å². The average molecular weight is 295 g/mol. The minimum Gasteiger partial charge on any atom is -0.445 e. The van der Waals surface area contributed by atoms with Crippen molar-refractivity contribution < 1.29 is 14.3 Å². The zero-order valence-electron chi connectivity index (χ0n) is 12.1. The van der Waals surface area contributed by atoms with Gasteiger partial charge in [-0.15, -0.1) is 0 Å².